The molecule has 162 valence electrons. The maximum absolute atomic E-state index is 12.9. The van der Waals surface area contributed by atoms with E-state index in [1.807, 2.05) is 6.07 Å². The second-order valence-corrected chi connectivity index (χ2v) is 8.44. The highest BCUT2D eigenvalue weighted by Gasteiger charge is 2.29. The van der Waals surface area contributed by atoms with E-state index in [0.717, 1.165) is 29.7 Å². The maximum atomic E-state index is 12.9. The van der Waals surface area contributed by atoms with Crippen LogP contribution in [0.2, 0.25) is 0 Å². The third kappa shape index (κ3) is 4.89. The molecule has 0 radical (unpaired) electrons. The van der Waals surface area contributed by atoms with Crippen molar-refractivity contribution in [3.05, 3.63) is 45.3 Å². The number of anilines is 1. The first-order valence-electron chi connectivity index (χ1n) is 9.99. The Labute approximate surface area is 184 Å². The summed E-state index contributed by atoms with van der Waals surface area (Å²) in [6.45, 7) is 4.13. The van der Waals surface area contributed by atoms with Crippen molar-refractivity contribution in [1.82, 2.24) is 0 Å². The summed E-state index contributed by atoms with van der Waals surface area (Å²) in [5.41, 5.74) is 1.71. The maximum Gasteiger partial charge on any atom is 0.341 e. The minimum atomic E-state index is -0.619. The van der Waals surface area contributed by atoms with Crippen LogP contribution < -0.4 is 10.1 Å². The highest BCUT2D eigenvalue weighted by molar-refractivity contribution is 7.17. The second kappa shape index (κ2) is 9.67. The first kappa shape index (κ1) is 22.4. The van der Waals surface area contributed by atoms with Gasteiger partial charge in [-0.05, 0) is 61.4 Å². The number of hydrogen-bond acceptors (Lipinski definition) is 7. The van der Waals surface area contributed by atoms with Gasteiger partial charge in [0.05, 0.1) is 19.3 Å². The van der Waals surface area contributed by atoms with Crippen LogP contribution in [0, 0.1) is 17.2 Å². The van der Waals surface area contributed by atoms with E-state index in [9.17, 15) is 20.0 Å². The number of nitrogens with zero attached hydrogens (tertiary/aromatic N) is 1. The Bertz CT molecular complexity index is 1080. The molecule has 7 nitrogen and oxygen atoms in total. The normalized spacial score (nSPS) is 15.5. The zero-order valence-electron chi connectivity index (χ0n) is 17.7. The van der Waals surface area contributed by atoms with Crippen molar-refractivity contribution in [3.63, 3.8) is 0 Å². The number of hydrogen-bond donors (Lipinski definition) is 2. The van der Waals surface area contributed by atoms with Gasteiger partial charge in [-0.15, -0.1) is 11.3 Å². The number of phenols is 1. The predicted molar refractivity (Wildman–Crippen MR) is 118 cm³/mol. The number of benzene rings is 1. The number of nitriles is 1. The summed E-state index contributed by atoms with van der Waals surface area (Å²) in [6.07, 6.45) is 3.97. The Kier molecular flexibility index (Phi) is 6.98. The van der Waals surface area contributed by atoms with Crippen molar-refractivity contribution in [3.8, 4) is 17.6 Å². The van der Waals surface area contributed by atoms with Gasteiger partial charge >= 0.3 is 5.97 Å². The minimum Gasteiger partial charge on any atom is -0.504 e. The lowest BCUT2D eigenvalue weighted by molar-refractivity contribution is -0.112. The Morgan fingerprint density at radius 2 is 2.19 bits per heavy atom. The zero-order chi connectivity index (χ0) is 22.5. The van der Waals surface area contributed by atoms with E-state index in [-0.39, 0.29) is 23.7 Å². The number of aromatic hydroxyl groups is 1. The van der Waals surface area contributed by atoms with E-state index in [0.29, 0.717) is 22.0 Å². The molecule has 1 aromatic carbocycles. The quantitative estimate of drug-likeness (QED) is 0.394. The van der Waals surface area contributed by atoms with Gasteiger partial charge in [0.2, 0.25) is 0 Å². The van der Waals surface area contributed by atoms with Gasteiger partial charge in [0, 0.05) is 4.88 Å². The predicted octanol–water partition coefficient (Wildman–Crippen LogP) is 4.31. The van der Waals surface area contributed by atoms with Crippen molar-refractivity contribution in [2.75, 3.05) is 19.0 Å². The molecule has 1 aliphatic rings. The van der Waals surface area contributed by atoms with Crippen molar-refractivity contribution >= 4 is 34.3 Å². The van der Waals surface area contributed by atoms with E-state index in [1.165, 1.54) is 36.7 Å². The van der Waals surface area contributed by atoms with Gasteiger partial charge in [0.1, 0.15) is 16.6 Å². The molecule has 31 heavy (non-hydrogen) atoms. The SMILES string of the molecule is CCOC(=O)c1c(NC(=O)/C(C#N)=C/c2ccc(O)c(OC)c2)sc2c1CCC(C)C2. The Hall–Kier alpha value is -3.31. The first-order chi connectivity index (χ1) is 14.9. The molecule has 0 aliphatic heterocycles. The molecule has 1 aliphatic carbocycles. The lowest BCUT2D eigenvalue weighted by Gasteiger charge is -2.18. The first-order valence-corrected chi connectivity index (χ1v) is 10.8. The molecule has 1 unspecified atom stereocenters. The Morgan fingerprint density at radius 3 is 2.87 bits per heavy atom. The average molecular weight is 441 g/mol. The van der Waals surface area contributed by atoms with Crippen LogP contribution in [0.5, 0.6) is 11.5 Å². The van der Waals surface area contributed by atoms with Crippen LogP contribution in [-0.4, -0.2) is 30.7 Å². The summed E-state index contributed by atoms with van der Waals surface area (Å²) in [4.78, 5) is 26.5. The molecular weight excluding hydrogens is 416 g/mol. The smallest absolute Gasteiger partial charge is 0.341 e. The molecule has 1 atom stereocenters. The van der Waals surface area contributed by atoms with Crippen LogP contribution in [0.15, 0.2) is 23.8 Å². The molecule has 2 N–H and O–H groups in total. The van der Waals surface area contributed by atoms with Crippen LogP contribution in [0.4, 0.5) is 5.00 Å². The fourth-order valence-electron chi connectivity index (χ4n) is 3.53. The summed E-state index contributed by atoms with van der Waals surface area (Å²) in [5, 5.41) is 22.4. The van der Waals surface area contributed by atoms with Gasteiger partial charge in [-0.3, -0.25) is 4.79 Å². The number of rotatable bonds is 6. The van der Waals surface area contributed by atoms with Gasteiger partial charge in [0.15, 0.2) is 11.5 Å². The topological polar surface area (TPSA) is 109 Å². The highest BCUT2D eigenvalue weighted by atomic mass is 32.1. The molecule has 2 aromatic rings. The highest BCUT2D eigenvalue weighted by Crippen LogP contribution is 2.40. The number of thiophene rings is 1. The number of phenolic OH excluding ortho intramolecular Hbond substituents is 1. The average Bonchev–Trinajstić information content (AvgIpc) is 3.09. The van der Waals surface area contributed by atoms with Crippen LogP contribution in [0.3, 0.4) is 0 Å². The van der Waals surface area contributed by atoms with Gasteiger partial charge in [-0.1, -0.05) is 13.0 Å². The van der Waals surface area contributed by atoms with E-state index < -0.39 is 11.9 Å². The summed E-state index contributed by atoms with van der Waals surface area (Å²) >= 11 is 1.37. The number of methoxy groups -OCH3 is 1. The lowest BCUT2D eigenvalue weighted by Crippen LogP contribution is -2.17. The van der Waals surface area contributed by atoms with Gasteiger partial charge in [0.25, 0.3) is 5.91 Å². The van der Waals surface area contributed by atoms with E-state index >= 15 is 0 Å². The molecule has 0 bridgehead atoms. The second-order valence-electron chi connectivity index (χ2n) is 7.33. The van der Waals surface area contributed by atoms with Crippen molar-refractivity contribution in [2.45, 2.75) is 33.1 Å². The summed E-state index contributed by atoms with van der Waals surface area (Å²) in [5.74, 6) is -0.387. The Balaban J connectivity index is 1.93. The number of amides is 1. The molecule has 1 amide bonds. The summed E-state index contributed by atoms with van der Waals surface area (Å²) in [6, 6.07) is 6.41. The van der Waals surface area contributed by atoms with E-state index in [2.05, 4.69) is 12.2 Å². The third-order valence-corrected chi connectivity index (χ3v) is 6.27. The molecule has 0 saturated heterocycles. The van der Waals surface area contributed by atoms with Crippen molar-refractivity contribution in [1.29, 1.82) is 5.26 Å². The molecule has 0 fully saturated rings. The van der Waals surface area contributed by atoms with Crippen LogP contribution in [0.1, 0.15) is 46.6 Å². The molecule has 8 heteroatoms. The van der Waals surface area contributed by atoms with Crippen molar-refractivity contribution < 1.29 is 24.2 Å². The largest absolute Gasteiger partial charge is 0.504 e. The fourth-order valence-corrected chi connectivity index (χ4v) is 4.92. The van der Waals surface area contributed by atoms with Crippen LogP contribution in [-0.2, 0) is 22.4 Å². The number of carbonyl (C=O) groups is 2. The van der Waals surface area contributed by atoms with Gasteiger partial charge < -0.3 is 19.9 Å². The summed E-state index contributed by atoms with van der Waals surface area (Å²) < 4.78 is 10.3. The number of esters is 1. The third-order valence-electron chi connectivity index (χ3n) is 5.10. The standard InChI is InChI=1S/C23H24N2O5S/c1-4-30-23(28)20-16-7-5-13(2)9-19(16)31-22(20)25-21(27)15(12-24)10-14-6-8-17(26)18(11-14)29-3/h6,8,10-11,13,26H,4-5,7,9H2,1-3H3,(H,25,27)/b15-10+. The number of fused-ring (bicyclic) bond motifs is 1. The van der Waals surface area contributed by atoms with Gasteiger partial charge in [-0.2, -0.15) is 5.26 Å². The zero-order valence-corrected chi connectivity index (χ0v) is 18.5. The number of ether oxygens (including phenoxy) is 2. The Morgan fingerprint density at radius 1 is 1.42 bits per heavy atom. The van der Waals surface area contributed by atoms with Crippen LogP contribution >= 0.6 is 11.3 Å². The molecule has 0 spiro atoms. The van der Waals surface area contributed by atoms with Crippen LogP contribution in [0.25, 0.3) is 6.08 Å². The molecule has 0 saturated carbocycles. The lowest BCUT2D eigenvalue weighted by atomic mass is 9.88. The molecular formula is C23H24N2O5S. The van der Waals surface area contributed by atoms with E-state index in [1.54, 1.807) is 13.0 Å². The summed E-state index contributed by atoms with van der Waals surface area (Å²) in [7, 11) is 1.41. The molecule has 3 rings (SSSR count). The monoisotopic (exact) mass is 440 g/mol. The fraction of sp³-hybridized carbons (Fsp3) is 0.348. The number of carbonyl (C=O) groups excluding carboxylic acids is 2. The minimum absolute atomic E-state index is 0.0416. The van der Waals surface area contributed by atoms with Crippen molar-refractivity contribution in [2.24, 2.45) is 5.92 Å². The van der Waals surface area contributed by atoms with E-state index in [4.69, 9.17) is 9.47 Å². The number of nitrogens with one attached hydrogen (secondary N) is 1. The van der Waals surface area contributed by atoms with Gasteiger partial charge in [-0.25, -0.2) is 4.79 Å². The molecule has 1 aromatic heterocycles. The molecule has 1 heterocycles.